The summed E-state index contributed by atoms with van der Waals surface area (Å²) in [6, 6.07) is 2.89. The molecule has 0 radical (unpaired) electrons. The van der Waals surface area contributed by atoms with Gasteiger partial charge < -0.3 is 19.5 Å². The molecular weight excluding hydrogens is 266 g/mol. The van der Waals surface area contributed by atoms with E-state index in [0.29, 0.717) is 38.7 Å². The van der Waals surface area contributed by atoms with Gasteiger partial charge in [0.2, 0.25) is 0 Å². The van der Waals surface area contributed by atoms with Gasteiger partial charge in [-0.25, -0.2) is 0 Å². The van der Waals surface area contributed by atoms with Crippen LogP contribution in [0.4, 0.5) is 11.5 Å². The summed E-state index contributed by atoms with van der Waals surface area (Å²) in [6.45, 7) is 1.86. The third kappa shape index (κ3) is 5.37. The van der Waals surface area contributed by atoms with Crippen molar-refractivity contribution in [3.8, 4) is 5.88 Å². The molecule has 8 heteroatoms. The molecule has 0 unspecified atom stereocenters. The molecule has 1 rings (SSSR count). The number of hydrogen-bond donors (Lipinski definition) is 1. The zero-order chi connectivity index (χ0) is 14.8. The highest BCUT2D eigenvalue weighted by Crippen LogP contribution is 2.26. The van der Waals surface area contributed by atoms with Gasteiger partial charge in [0.05, 0.1) is 24.7 Å². The molecule has 0 aliphatic heterocycles. The van der Waals surface area contributed by atoms with Crippen LogP contribution >= 0.6 is 0 Å². The van der Waals surface area contributed by atoms with Gasteiger partial charge in [-0.15, -0.1) is 0 Å². The van der Waals surface area contributed by atoms with Gasteiger partial charge in [-0.1, -0.05) is 0 Å². The molecule has 0 fully saturated rings. The van der Waals surface area contributed by atoms with E-state index in [2.05, 4.69) is 10.3 Å². The van der Waals surface area contributed by atoms with Crippen LogP contribution in [-0.2, 0) is 9.47 Å². The Morgan fingerprint density at radius 3 is 2.75 bits per heavy atom. The van der Waals surface area contributed by atoms with Gasteiger partial charge in [0.1, 0.15) is 5.82 Å². The van der Waals surface area contributed by atoms with Crippen molar-refractivity contribution >= 4 is 11.5 Å². The van der Waals surface area contributed by atoms with Crippen molar-refractivity contribution in [2.75, 3.05) is 45.9 Å². The van der Waals surface area contributed by atoms with E-state index in [0.717, 1.165) is 0 Å². The molecule has 0 spiro atoms. The molecule has 0 atom stereocenters. The Labute approximate surface area is 117 Å². The summed E-state index contributed by atoms with van der Waals surface area (Å²) in [5, 5.41) is 13.7. The van der Waals surface area contributed by atoms with Crippen LogP contribution in [0.15, 0.2) is 12.1 Å². The number of nitrogens with one attached hydrogen (secondary N) is 1. The Hall–Kier alpha value is -1.93. The summed E-state index contributed by atoms with van der Waals surface area (Å²) in [6.07, 6.45) is 0.617. The average Bonchev–Trinajstić information content (AvgIpc) is 2.45. The molecule has 1 N–H and O–H groups in total. The highest BCUT2D eigenvalue weighted by Gasteiger charge is 2.17. The van der Waals surface area contributed by atoms with Crippen LogP contribution in [0.25, 0.3) is 0 Å². The lowest BCUT2D eigenvalue weighted by molar-refractivity contribution is -0.386. The molecule has 0 aromatic carbocycles. The zero-order valence-electron chi connectivity index (χ0n) is 11.6. The van der Waals surface area contributed by atoms with E-state index in [-0.39, 0.29) is 11.6 Å². The van der Waals surface area contributed by atoms with Gasteiger partial charge in [0.15, 0.2) is 0 Å². The molecule has 1 aromatic rings. The molecule has 0 saturated carbocycles. The molecule has 0 aliphatic carbocycles. The van der Waals surface area contributed by atoms with Crippen LogP contribution in [-0.4, -0.2) is 50.5 Å². The van der Waals surface area contributed by atoms with Crippen LogP contribution in [0.5, 0.6) is 5.88 Å². The number of methoxy groups -OCH3 is 1. The molecule has 112 valence electrons. The highest BCUT2D eigenvalue weighted by atomic mass is 16.6. The fourth-order valence-corrected chi connectivity index (χ4v) is 1.39. The molecule has 0 aliphatic rings. The van der Waals surface area contributed by atoms with Crippen molar-refractivity contribution in [3.63, 3.8) is 0 Å². The Balaban J connectivity index is 2.43. The van der Waals surface area contributed by atoms with Crippen LogP contribution in [0, 0.1) is 10.1 Å². The molecule has 0 bridgehead atoms. The minimum Gasteiger partial charge on any atom is -0.473 e. The minimum absolute atomic E-state index is 0.0127. The standard InChI is InChI=1S/C12H19N3O5/c1-13-11-5-4-10(15(16)17)12(14-11)20-7-3-6-19-9-8-18-2/h4-5H,3,6-9H2,1-2H3,(H,13,14). The van der Waals surface area contributed by atoms with Gasteiger partial charge in [-0.2, -0.15) is 4.98 Å². The van der Waals surface area contributed by atoms with Crippen molar-refractivity contribution in [3.05, 3.63) is 22.2 Å². The first-order chi connectivity index (χ1) is 9.69. The second-order valence-corrected chi connectivity index (χ2v) is 3.84. The number of aromatic nitrogens is 1. The quantitative estimate of drug-likeness (QED) is 0.395. The van der Waals surface area contributed by atoms with E-state index in [1.54, 1.807) is 14.2 Å². The fraction of sp³-hybridized carbons (Fsp3) is 0.583. The number of rotatable bonds is 10. The fourth-order valence-electron chi connectivity index (χ4n) is 1.39. The third-order valence-electron chi connectivity index (χ3n) is 2.40. The third-order valence-corrected chi connectivity index (χ3v) is 2.40. The van der Waals surface area contributed by atoms with Crippen LogP contribution < -0.4 is 10.1 Å². The monoisotopic (exact) mass is 285 g/mol. The highest BCUT2D eigenvalue weighted by molar-refractivity contribution is 5.48. The summed E-state index contributed by atoms with van der Waals surface area (Å²) in [4.78, 5) is 14.4. The second-order valence-electron chi connectivity index (χ2n) is 3.84. The lowest BCUT2D eigenvalue weighted by atomic mass is 10.4. The normalized spacial score (nSPS) is 10.3. The summed E-state index contributed by atoms with van der Waals surface area (Å²) in [5.41, 5.74) is -0.149. The SMILES string of the molecule is CNc1ccc([N+](=O)[O-])c(OCCCOCCOC)n1. The Morgan fingerprint density at radius 2 is 2.10 bits per heavy atom. The van der Waals surface area contributed by atoms with E-state index in [4.69, 9.17) is 14.2 Å². The summed E-state index contributed by atoms with van der Waals surface area (Å²) in [5.74, 6) is 0.528. The topological polar surface area (TPSA) is 95.8 Å². The van der Waals surface area contributed by atoms with Gasteiger partial charge in [0, 0.05) is 33.3 Å². The number of nitrogens with zero attached hydrogens (tertiary/aromatic N) is 2. The van der Waals surface area contributed by atoms with E-state index >= 15 is 0 Å². The first-order valence-corrected chi connectivity index (χ1v) is 6.21. The predicted molar refractivity (Wildman–Crippen MR) is 73.2 cm³/mol. The van der Waals surface area contributed by atoms with Gasteiger partial charge >= 0.3 is 5.69 Å². The maximum Gasteiger partial charge on any atom is 0.331 e. The number of hydrogen-bond acceptors (Lipinski definition) is 7. The number of anilines is 1. The van der Waals surface area contributed by atoms with Crippen LogP contribution in [0.3, 0.4) is 0 Å². The smallest absolute Gasteiger partial charge is 0.331 e. The molecular formula is C12H19N3O5. The Bertz CT molecular complexity index is 428. The number of nitro groups is 1. The molecule has 0 saturated heterocycles. The van der Waals surface area contributed by atoms with E-state index in [1.807, 2.05) is 0 Å². The Morgan fingerprint density at radius 1 is 1.30 bits per heavy atom. The lowest BCUT2D eigenvalue weighted by Gasteiger charge is -2.08. The first-order valence-electron chi connectivity index (χ1n) is 6.21. The predicted octanol–water partition coefficient (Wildman–Crippen LogP) is 1.46. The van der Waals surface area contributed by atoms with Crippen molar-refractivity contribution in [2.45, 2.75) is 6.42 Å². The summed E-state index contributed by atoms with van der Waals surface area (Å²) in [7, 11) is 3.29. The van der Waals surface area contributed by atoms with E-state index < -0.39 is 4.92 Å². The van der Waals surface area contributed by atoms with Gasteiger partial charge in [-0.05, 0) is 6.07 Å². The van der Waals surface area contributed by atoms with Crippen molar-refractivity contribution in [1.82, 2.24) is 4.98 Å². The molecule has 8 nitrogen and oxygen atoms in total. The van der Waals surface area contributed by atoms with Crippen LogP contribution in [0.2, 0.25) is 0 Å². The maximum atomic E-state index is 10.9. The molecule has 0 amide bonds. The van der Waals surface area contributed by atoms with Crippen molar-refractivity contribution in [1.29, 1.82) is 0 Å². The van der Waals surface area contributed by atoms with Crippen LogP contribution in [0.1, 0.15) is 6.42 Å². The van der Waals surface area contributed by atoms with Crippen molar-refractivity contribution < 1.29 is 19.1 Å². The first kappa shape index (κ1) is 16.1. The van der Waals surface area contributed by atoms with Gasteiger partial charge in [-0.3, -0.25) is 10.1 Å². The summed E-state index contributed by atoms with van der Waals surface area (Å²) < 4.78 is 15.4. The molecule has 1 heterocycles. The molecule has 1 aromatic heterocycles. The number of ether oxygens (including phenoxy) is 3. The maximum absolute atomic E-state index is 10.9. The minimum atomic E-state index is -0.517. The largest absolute Gasteiger partial charge is 0.473 e. The second kappa shape index (κ2) is 9.05. The van der Waals surface area contributed by atoms with Crippen molar-refractivity contribution in [2.24, 2.45) is 0 Å². The Kier molecular flexibility index (Phi) is 7.30. The van der Waals surface area contributed by atoms with E-state index in [1.165, 1.54) is 12.1 Å². The van der Waals surface area contributed by atoms with Gasteiger partial charge in [0.25, 0.3) is 5.88 Å². The molecule has 20 heavy (non-hydrogen) atoms. The lowest BCUT2D eigenvalue weighted by Crippen LogP contribution is -2.08. The average molecular weight is 285 g/mol. The van der Waals surface area contributed by atoms with E-state index in [9.17, 15) is 10.1 Å². The number of pyridine rings is 1. The zero-order valence-corrected chi connectivity index (χ0v) is 11.6. The summed E-state index contributed by atoms with van der Waals surface area (Å²) >= 11 is 0.